The van der Waals surface area contributed by atoms with Crippen molar-refractivity contribution < 1.29 is 0 Å². The molecule has 15 heavy (non-hydrogen) atoms. The first kappa shape index (κ1) is 13.0. The highest BCUT2D eigenvalue weighted by Gasteiger charge is 2.06. The number of nitrogens with zero attached hydrogens (tertiary/aromatic N) is 1. The molecule has 0 aromatic heterocycles. The predicted octanol–water partition coefficient (Wildman–Crippen LogP) is 2.88. The van der Waals surface area contributed by atoms with Gasteiger partial charge in [-0.05, 0) is 24.2 Å². The van der Waals surface area contributed by atoms with E-state index in [1.54, 1.807) is 0 Å². The Morgan fingerprint density at radius 1 is 1.47 bits per heavy atom. The average molecular weight is 292 g/mol. The summed E-state index contributed by atoms with van der Waals surface area (Å²) in [6.45, 7) is 5.67. The van der Waals surface area contributed by atoms with Gasteiger partial charge in [0.05, 0.1) is 0 Å². The molecule has 0 amide bonds. The van der Waals surface area contributed by atoms with Gasteiger partial charge in [0, 0.05) is 29.1 Å². The van der Waals surface area contributed by atoms with Crippen LogP contribution >= 0.6 is 27.5 Å². The van der Waals surface area contributed by atoms with Gasteiger partial charge in [-0.1, -0.05) is 40.5 Å². The van der Waals surface area contributed by atoms with Crippen LogP contribution in [0, 0.1) is 0 Å². The lowest BCUT2D eigenvalue weighted by Gasteiger charge is -2.20. The third kappa shape index (κ3) is 4.11. The molecular weight excluding hydrogens is 275 g/mol. The van der Waals surface area contributed by atoms with Crippen molar-refractivity contribution in [2.45, 2.75) is 13.5 Å². The second-order valence-electron chi connectivity index (χ2n) is 3.39. The zero-order valence-corrected chi connectivity index (χ0v) is 11.2. The summed E-state index contributed by atoms with van der Waals surface area (Å²) < 4.78 is 1.06. The van der Waals surface area contributed by atoms with Crippen LogP contribution in [0.4, 0.5) is 0 Å². The molecule has 0 aliphatic heterocycles. The quantitative estimate of drug-likeness (QED) is 0.904. The Hall–Kier alpha value is -0.0900. The van der Waals surface area contributed by atoms with Gasteiger partial charge in [-0.3, -0.25) is 4.90 Å². The van der Waals surface area contributed by atoms with E-state index in [1.165, 1.54) is 5.56 Å². The molecule has 1 aromatic rings. The Kier molecular flexibility index (Phi) is 5.61. The lowest BCUT2D eigenvalue weighted by Crippen LogP contribution is -2.28. The second kappa shape index (κ2) is 6.48. The molecule has 1 aromatic carbocycles. The fraction of sp³-hybridized carbons (Fsp3) is 0.455. The van der Waals surface area contributed by atoms with Crippen LogP contribution in [0.25, 0.3) is 0 Å². The molecule has 4 heteroatoms. The summed E-state index contributed by atoms with van der Waals surface area (Å²) in [6.07, 6.45) is 0. The number of hydrogen-bond donors (Lipinski definition) is 1. The first-order valence-electron chi connectivity index (χ1n) is 5.03. The molecule has 0 bridgehead atoms. The molecule has 0 spiro atoms. The third-order valence-electron chi connectivity index (χ3n) is 2.30. The summed E-state index contributed by atoms with van der Waals surface area (Å²) in [5.41, 5.74) is 6.79. The molecule has 0 aliphatic rings. The van der Waals surface area contributed by atoms with Crippen molar-refractivity contribution in [3.8, 4) is 0 Å². The minimum Gasteiger partial charge on any atom is -0.329 e. The van der Waals surface area contributed by atoms with Gasteiger partial charge in [-0.25, -0.2) is 0 Å². The average Bonchev–Trinajstić information content (AvgIpc) is 2.21. The Labute approximate surface area is 105 Å². The van der Waals surface area contributed by atoms with Crippen molar-refractivity contribution >= 4 is 27.5 Å². The maximum Gasteiger partial charge on any atom is 0.0417 e. The number of benzene rings is 1. The molecule has 0 aliphatic carbocycles. The fourth-order valence-corrected chi connectivity index (χ4v) is 2.23. The highest BCUT2D eigenvalue weighted by Crippen LogP contribution is 2.22. The lowest BCUT2D eigenvalue weighted by atomic mass is 10.2. The molecule has 0 heterocycles. The van der Waals surface area contributed by atoms with Crippen molar-refractivity contribution in [2.75, 3.05) is 19.6 Å². The van der Waals surface area contributed by atoms with Gasteiger partial charge in [0.2, 0.25) is 0 Å². The molecule has 1 rings (SSSR count). The number of nitrogens with two attached hydrogens (primary N) is 1. The van der Waals surface area contributed by atoms with Crippen LogP contribution in [0.3, 0.4) is 0 Å². The van der Waals surface area contributed by atoms with Crippen molar-refractivity contribution in [3.63, 3.8) is 0 Å². The summed E-state index contributed by atoms with van der Waals surface area (Å²) in [5.74, 6) is 0. The van der Waals surface area contributed by atoms with Gasteiger partial charge in [-0.15, -0.1) is 0 Å². The Morgan fingerprint density at radius 3 is 2.73 bits per heavy atom. The largest absolute Gasteiger partial charge is 0.329 e. The lowest BCUT2D eigenvalue weighted by molar-refractivity contribution is 0.287. The van der Waals surface area contributed by atoms with E-state index >= 15 is 0 Å². The van der Waals surface area contributed by atoms with Crippen molar-refractivity contribution in [2.24, 2.45) is 5.73 Å². The highest BCUT2D eigenvalue weighted by molar-refractivity contribution is 9.10. The molecule has 0 saturated heterocycles. The summed E-state index contributed by atoms with van der Waals surface area (Å²) in [6, 6.07) is 5.89. The van der Waals surface area contributed by atoms with Crippen LogP contribution in [-0.2, 0) is 6.54 Å². The monoisotopic (exact) mass is 290 g/mol. The maximum atomic E-state index is 5.88. The van der Waals surface area contributed by atoms with E-state index < -0.39 is 0 Å². The normalized spacial score (nSPS) is 11.0. The van der Waals surface area contributed by atoms with Crippen LogP contribution in [0.1, 0.15) is 12.5 Å². The van der Waals surface area contributed by atoms with E-state index in [-0.39, 0.29) is 0 Å². The summed E-state index contributed by atoms with van der Waals surface area (Å²) in [5, 5.41) is 0.757. The van der Waals surface area contributed by atoms with Crippen molar-refractivity contribution in [3.05, 3.63) is 33.3 Å². The molecule has 0 fully saturated rings. The van der Waals surface area contributed by atoms with Gasteiger partial charge in [0.15, 0.2) is 0 Å². The maximum absolute atomic E-state index is 5.88. The fourth-order valence-electron chi connectivity index (χ4n) is 1.42. The van der Waals surface area contributed by atoms with Crippen LogP contribution < -0.4 is 5.73 Å². The number of halogens is 2. The Balaban J connectivity index is 2.70. The molecule has 2 nitrogen and oxygen atoms in total. The van der Waals surface area contributed by atoms with Crippen LogP contribution in [0.2, 0.25) is 5.02 Å². The van der Waals surface area contributed by atoms with Crippen LogP contribution in [-0.4, -0.2) is 24.5 Å². The molecule has 0 saturated carbocycles. The molecule has 0 unspecified atom stereocenters. The minimum atomic E-state index is 0.694. The molecule has 0 atom stereocenters. The number of hydrogen-bond acceptors (Lipinski definition) is 2. The number of rotatable bonds is 5. The van der Waals surface area contributed by atoms with E-state index in [0.29, 0.717) is 6.54 Å². The van der Waals surface area contributed by atoms with Gasteiger partial charge in [0.25, 0.3) is 0 Å². The van der Waals surface area contributed by atoms with Crippen molar-refractivity contribution in [1.82, 2.24) is 4.90 Å². The summed E-state index contributed by atoms with van der Waals surface area (Å²) >= 11 is 9.40. The zero-order chi connectivity index (χ0) is 11.3. The van der Waals surface area contributed by atoms with E-state index in [1.807, 2.05) is 18.2 Å². The predicted molar refractivity (Wildman–Crippen MR) is 69.2 cm³/mol. The van der Waals surface area contributed by atoms with Crippen LogP contribution in [0.15, 0.2) is 22.7 Å². The van der Waals surface area contributed by atoms with E-state index in [2.05, 4.69) is 27.8 Å². The van der Waals surface area contributed by atoms with Gasteiger partial charge < -0.3 is 5.73 Å². The first-order chi connectivity index (χ1) is 7.17. The molecular formula is C11H16BrClN2. The van der Waals surface area contributed by atoms with Gasteiger partial charge in [-0.2, -0.15) is 0 Å². The van der Waals surface area contributed by atoms with E-state index in [9.17, 15) is 0 Å². The van der Waals surface area contributed by atoms with E-state index in [0.717, 1.165) is 29.1 Å². The third-order valence-corrected chi connectivity index (χ3v) is 3.27. The zero-order valence-electron chi connectivity index (χ0n) is 8.84. The SMILES string of the molecule is CCN(CCN)Cc1ccc(Cl)cc1Br. The summed E-state index contributed by atoms with van der Waals surface area (Å²) in [7, 11) is 0. The molecule has 84 valence electrons. The minimum absolute atomic E-state index is 0.694. The molecule has 0 radical (unpaired) electrons. The number of likely N-dealkylation sites (N-methyl/N-ethyl adjacent to an activating group) is 1. The molecule has 2 N–H and O–H groups in total. The standard InChI is InChI=1S/C11H16BrClN2/c1-2-15(6-5-14)8-9-3-4-10(13)7-11(9)12/h3-4,7H,2,5-6,8,14H2,1H3. The Morgan fingerprint density at radius 2 is 2.20 bits per heavy atom. The second-order valence-corrected chi connectivity index (χ2v) is 4.68. The highest BCUT2D eigenvalue weighted by atomic mass is 79.9. The summed E-state index contributed by atoms with van der Waals surface area (Å²) in [4.78, 5) is 2.30. The van der Waals surface area contributed by atoms with Crippen molar-refractivity contribution in [1.29, 1.82) is 0 Å². The van der Waals surface area contributed by atoms with Gasteiger partial charge in [0.1, 0.15) is 0 Å². The topological polar surface area (TPSA) is 29.3 Å². The van der Waals surface area contributed by atoms with E-state index in [4.69, 9.17) is 17.3 Å². The van der Waals surface area contributed by atoms with Gasteiger partial charge >= 0.3 is 0 Å². The first-order valence-corrected chi connectivity index (χ1v) is 6.20. The smallest absolute Gasteiger partial charge is 0.0417 e. The van der Waals surface area contributed by atoms with Crippen LogP contribution in [0.5, 0.6) is 0 Å². The Bertz CT molecular complexity index is 317.